The first kappa shape index (κ1) is 11.0. The van der Waals surface area contributed by atoms with Crippen LogP contribution in [0.2, 0.25) is 0 Å². The van der Waals surface area contributed by atoms with Gasteiger partial charge in [-0.15, -0.1) is 0 Å². The lowest BCUT2D eigenvalue weighted by Crippen LogP contribution is -2.31. The van der Waals surface area contributed by atoms with E-state index in [1.165, 1.54) is 6.42 Å². The predicted octanol–water partition coefficient (Wildman–Crippen LogP) is 2.67. The number of rotatable bonds is 4. The molecule has 0 bridgehead atoms. The van der Waals surface area contributed by atoms with Crippen LogP contribution in [-0.2, 0) is 0 Å². The van der Waals surface area contributed by atoms with Crippen molar-refractivity contribution in [1.82, 2.24) is 5.32 Å². The zero-order chi connectivity index (χ0) is 8.91. The van der Waals surface area contributed by atoms with Crippen LogP contribution in [0.25, 0.3) is 0 Å². The molecule has 0 spiro atoms. The van der Waals surface area contributed by atoms with E-state index in [2.05, 4.69) is 39.9 Å². The molecule has 0 rings (SSSR count). The average Bonchev–Trinajstić information content (AvgIpc) is 1.87. The lowest BCUT2D eigenvalue weighted by molar-refractivity contribution is 0.227. The Bertz CT molecular complexity index is 91.5. The van der Waals surface area contributed by atoms with Gasteiger partial charge in [-0.05, 0) is 24.4 Å². The smallest absolute Gasteiger partial charge is 0.00157 e. The fourth-order valence-electron chi connectivity index (χ4n) is 1.38. The van der Waals surface area contributed by atoms with Crippen molar-refractivity contribution >= 4 is 0 Å². The van der Waals surface area contributed by atoms with Gasteiger partial charge in [-0.1, -0.05) is 41.0 Å². The molecular weight excluding hydrogens is 134 g/mol. The summed E-state index contributed by atoms with van der Waals surface area (Å²) in [5.41, 5.74) is 0.455. The molecule has 0 aromatic rings. The Kier molecular flexibility index (Phi) is 4.74. The maximum absolute atomic E-state index is 3.41. The lowest BCUT2D eigenvalue weighted by Gasteiger charge is -2.29. The molecule has 11 heavy (non-hydrogen) atoms. The molecule has 0 aliphatic carbocycles. The van der Waals surface area contributed by atoms with Crippen molar-refractivity contribution in [3.8, 4) is 0 Å². The Labute approximate surface area is 71.6 Å². The van der Waals surface area contributed by atoms with Crippen molar-refractivity contribution < 1.29 is 0 Å². The van der Waals surface area contributed by atoms with Crippen LogP contribution < -0.4 is 5.32 Å². The molecule has 0 aromatic heterocycles. The number of nitrogens with one attached hydrogen (secondary N) is 1. The summed E-state index contributed by atoms with van der Waals surface area (Å²) in [6, 6.07) is 0. The zero-order valence-corrected chi connectivity index (χ0v) is 8.70. The Balaban J connectivity index is 3.76. The summed E-state index contributed by atoms with van der Waals surface area (Å²) in [6.45, 7) is 13.6. The van der Waals surface area contributed by atoms with Gasteiger partial charge in [0.2, 0.25) is 0 Å². The number of hydrogen-bond donors (Lipinski definition) is 1. The van der Waals surface area contributed by atoms with Crippen LogP contribution in [0.15, 0.2) is 0 Å². The largest absolute Gasteiger partial charge is 0.317 e. The van der Waals surface area contributed by atoms with Crippen LogP contribution in [0.4, 0.5) is 0 Å². The summed E-state index contributed by atoms with van der Waals surface area (Å²) in [6.07, 6.45) is 1.27. The highest BCUT2D eigenvalue weighted by Gasteiger charge is 2.21. The first-order chi connectivity index (χ1) is 5.02. The van der Waals surface area contributed by atoms with Gasteiger partial charge in [0.15, 0.2) is 0 Å². The van der Waals surface area contributed by atoms with Gasteiger partial charge in [0.05, 0.1) is 0 Å². The Morgan fingerprint density at radius 3 is 2.00 bits per heavy atom. The van der Waals surface area contributed by atoms with E-state index in [0.29, 0.717) is 5.41 Å². The molecule has 0 heterocycles. The van der Waals surface area contributed by atoms with Gasteiger partial charge in [0, 0.05) is 0 Å². The van der Waals surface area contributed by atoms with Crippen LogP contribution >= 0.6 is 0 Å². The summed E-state index contributed by atoms with van der Waals surface area (Å²) in [5.74, 6) is 0.808. The summed E-state index contributed by atoms with van der Waals surface area (Å²) in [5, 5.41) is 3.41. The van der Waals surface area contributed by atoms with E-state index in [1.807, 2.05) is 0 Å². The Morgan fingerprint density at radius 2 is 1.73 bits per heavy atom. The lowest BCUT2D eigenvalue weighted by atomic mass is 9.79. The fourth-order valence-corrected chi connectivity index (χ4v) is 1.38. The fraction of sp³-hybridized carbons (Fsp3) is 1.00. The van der Waals surface area contributed by atoms with Crippen molar-refractivity contribution in [3.63, 3.8) is 0 Å². The van der Waals surface area contributed by atoms with Crippen molar-refractivity contribution in [1.29, 1.82) is 0 Å². The van der Waals surface area contributed by atoms with Crippen LogP contribution in [0, 0.1) is 11.3 Å². The molecule has 1 nitrogen and oxygen atoms in total. The van der Waals surface area contributed by atoms with Crippen LogP contribution in [0.1, 0.15) is 41.0 Å². The van der Waals surface area contributed by atoms with E-state index >= 15 is 0 Å². The summed E-state index contributed by atoms with van der Waals surface area (Å²) in [7, 11) is 0. The first-order valence-electron chi connectivity index (χ1n) is 4.73. The molecule has 0 saturated carbocycles. The molecule has 0 aliphatic heterocycles. The van der Waals surface area contributed by atoms with E-state index in [1.54, 1.807) is 0 Å². The highest BCUT2D eigenvalue weighted by atomic mass is 14.8. The highest BCUT2D eigenvalue weighted by molar-refractivity contribution is 4.74. The normalized spacial score (nSPS) is 15.0. The van der Waals surface area contributed by atoms with E-state index in [-0.39, 0.29) is 0 Å². The van der Waals surface area contributed by atoms with Gasteiger partial charge in [-0.3, -0.25) is 0 Å². The van der Waals surface area contributed by atoms with Crippen molar-refractivity contribution in [2.45, 2.75) is 41.0 Å². The second-order valence-corrected chi connectivity index (χ2v) is 4.28. The van der Waals surface area contributed by atoms with Gasteiger partial charge in [0.25, 0.3) is 0 Å². The third kappa shape index (κ3) is 4.41. The average molecular weight is 157 g/mol. The topological polar surface area (TPSA) is 12.0 Å². The molecule has 68 valence electrons. The van der Waals surface area contributed by atoms with Gasteiger partial charge in [0.1, 0.15) is 0 Å². The van der Waals surface area contributed by atoms with Gasteiger partial charge < -0.3 is 5.32 Å². The molecule has 1 N–H and O–H groups in total. The predicted molar refractivity (Wildman–Crippen MR) is 51.8 cm³/mol. The molecule has 1 heteroatoms. The second-order valence-electron chi connectivity index (χ2n) is 4.28. The summed E-state index contributed by atoms with van der Waals surface area (Å²) in [4.78, 5) is 0. The van der Waals surface area contributed by atoms with E-state index in [9.17, 15) is 0 Å². The third-order valence-electron chi connectivity index (χ3n) is 2.36. The maximum Gasteiger partial charge on any atom is -0.00157 e. The monoisotopic (exact) mass is 157 g/mol. The third-order valence-corrected chi connectivity index (χ3v) is 2.36. The number of hydrogen-bond acceptors (Lipinski definition) is 1. The minimum Gasteiger partial charge on any atom is -0.317 e. The van der Waals surface area contributed by atoms with Crippen LogP contribution in [0.5, 0.6) is 0 Å². The minimum atomic E-state index is 0.455. The van der Waals surface area contributed by atoms with Gasteiger partial charge >= 0.3 is 0 Å². The molecule has 0 saturated heterocycles. The van der Waals surface area contributed by atoms with Crippen LogP contribution in [0.3, 0.4) is 0 Å². The molecule has 1 unspecified atom stereocenters. The van der Waals surface area contributed by atoms with E-state index in [4.69, 9.17) is 0 Å². The van der Waals surface area contributed by atoms with Gasteiger partial charge in [-0.25, -0.2) is 0 Å². The molecular formula is C10H23N. The van der Waals surface area contributed by atoms with Crippen molar-refractivity contribution in [3.05, 3.63) is 0 Å². The molecule has 0 fully saturated rings. The molecule has 0 aromatic carbocycles. The summed E-state index contributed by atoms with van der Waals surface area (Å²) >= 11 is 0. The van der Waals surface area contributed by atoms with Crippen molar-refractivity contribution in [2.75, 3.05) is 13.1 Å². The zero-order valence-electron chi connectivity index (χ0n) is 8.70. The van der Waals surface area contributed by atoms with Crippen molar-refractivity contribution in [2.24, 2.45) is 11.3 Å². The van der Waals surface area contributed by atoms with E-state index in [0.717, 1.165) is 19.0 Å². The first-order valence-corrected chi connectivity index (χ1v) is 4.73. The van der Waals surface area contributed by atoms with E-state index < -0.39 is 0 Å². The SMILES string of the molecule is CCNCC(CC)C(C)(C)C. The Hall–Kier alpha value is -0.0400. The molecule has 0 amide bonds. The molecule has 0 radical (unpaired) electrons. The minimum absolute atomic E-state index is 0.455. The van der Waals surface area contributed by atoms with Gasteiger partial charge in [-0.2, -0.15) is 0 Å². The molecule has 1 atom stereocenters. The molecule has 0 aliphatic rings. The quantitative estimate of drug-likeness (QED) is 0.661. The maximum atomic E-state index is 3.41. The highest BCUT2D eigenvalue weighted by Crippen LogP contribution is 2.27. The summed E-state index contributed by atoms with van der Waals surface area (Å²) < 4.78 is 0. The second kappa shape index (κ2) is 4.76. The van der Waals surface area contributed by atoms with Crippen LogP contribution in [-0.4, -0.2) is 13.1 Å². The standard InChI is InChI=1S/C10H23N/c1-6-9(8-11-7-2)10(3,4)5/h9,11H,6-8H2,1-5H3. The Morgan fingerprint density at radius 1 is 1.18 bits per heavy atom.